The van der Waals surface area contributed by atoms with Crippen molar-refractivity contribution in [1.82, 2.24) is 5.32 Å². The number of benzene rings is 1. The average molecular weight is 260 g/mol. The van der Waals surface area contributed by atoms with Crippen molar-refractivity contribution < 1.29 is 13.6 Å². The van der Waals surface area contributed by atoms with Gasteiger partial charge in [0.15, 0.2) is 0 Å². The molecule has 0 saturated heterocycles. The van der Waals surface area contributed by atoms with Gasteiger partial charge in [0, 0.05) is 12.1 Å². The van der Waals surface area contributed by atoms with E-state index in [1.165, 1.54) is 0 Å². The largest absolute Gasteiger partial charge is 0.348 e. The van der Waals surface area contributed by atoms with Gasteiger partial charge in [-0.05, 0) is 31.4 Å². The van der Waals surface area contributed by atoms with E-state index >= 15 is 0 Å². The number of hydrogen-bond donors (Lipinski definition) is 1. The summed E-state index contributed by atoms with van der Waals surface area (Å²) in [4.78, 5) is 11.7. The van der Waals surface area contributed by atoms with Gasteiger partial charge in [0.25, 0.3) is 5.91 Å². The third-order valence-corrected chi connectivity index (χ3v) is 3.45. The first-order chi connectivity index (χ1) is 8.08. The van der Waals surface area contributed by atoms with Gasteiger partial charge in [0.1, 0.15) is 11.6 Å². The van der Waals surface area contributed by atoms with Gasteiger partial charge in [-0.3, -0.25) is 4.79 Å². The van der Waals surface area contributed by atoms with Crippen LogP contribution in [0.25, 0.3) is 0 Å². The van der Waals surface area contributed by atoms with Crippen molar-refractivity contribution in [3.8, 4) is 0 Å². The number of rotatable bonds is 2. The summed E-state index contributed by atoms with van der Waals surface area (Å²) in [5.41, 5.74) is -0.151. The smallest absolute Gasteiger partial charge is 0.254 e. The van der Waals surface area contributed by atoms with E-state index in [0.29, 0.717) is 6.07 Å². The zero-order valence-corrected chi connectivity index (χ0v) is 9.81. The van der Waals surface area contributed by atoms with Crippen molar-refractivity contribution in [2.24, 2.45) is 0 Å². The zero-order valence-electron chi connectivity index (χ0n) is 9.05. The van der Waals surface area contributed by atoms with Crippen molar-refractivity contribution >= 4 is 17.5 Å². The summed E-state index contributed by atoms with van der Waals surface area (Å²) in [7, 11) is 0. The van der Waals surface area contributed by atoms with E-state index in [4.69, 9.17) is 11.6 Å². The monoisotopic (exact) mass is 259 g/mol. The molecule has 1 N–H and O–H groups in total. The lowest BCUT2D eigenvalue weighted by atomic mass is 10.1. The zero-order chi connectivity index (χ0) is 12.4. The fourth-order valence-corrected chi connectivity index (χ4v) is 2.34. The molecule has 2 nitrogen and oxygen atoms in total. The topological polar surface area (TPSA) is 29.1 Å². The van der Waals surface area contributed by atoms with Crippen LogP contribution < -0.4 is 5.32 Å². The van der Waals surface area contributed by atoms with Crippen molar-refractivity contribution in [2.45, 2.75) is 30.7 Å². The molecule has 0 heterocycles. The Labute approximate surface area is 103 Å². The first kappa shape index (κ1) is 12.3. The number of amides is 1. The van der Waals surface area contributed by atoms with Gasteiger partial charge in [0.05, 0.1) is 10.9 Å². The molecule has 2 rings (SSSR count). The van der Waals surface area contributed by atoms with Crippen molar-refractivity contribution in [1.29, 1.82) is 0 Å². The van der Waals surface area contributed by atoms with Gasteiger partial charge in [-0.1, -0.05) is 0 Å². The van der Waals surface area contributed by atoms with E-state index in [0.717, 1.165) is 31.4 Å². The Kier molecular flexibility index (Phi) is 3.62. The molecule has 5 heteroatoms. The van der Waals surface area contributed by atoms with Crippen LogP contribution in [0.2, 0.25) is 0 Å². The summed E-state index contributed by atoms with van der Waals surface area (Å²) < 4.78 is 26.0. The molecule has 1 aromatic rings. The number of nitrogens with one attached hydrogen (secondary N) is 1. The van der Waals surface area contributed by atoms with Crippen LogP contribution in [-0.2, 0) is 0 Å². The molecule has 1 amide bonds. The molecule has 0 aromatic heterocycles. The lowest BCUT2D eigenvalue weighted by molar-refractivity contribution is 0.0934. The van der Waals surface area contributed by atoms with E-state index in [1.807, 2.05) is 0 Å². The minimum absolute atomic E-state index is 0.109. The van der Waals surface area contributed by atoms with E-state index in [2.05, 4.69) is 5.32 Å². The van der Waals surface area contributed by atoms with E-state index in [1.54, 1.807) is 0 Å². The standard InChI is InChI=1S/C12H12ClF2NO/c13-9-2-1-3-11(9)16-12(17)8-5-4-7(14)6-10(8)15/h4-6,9,11H,1-3H2,(H,16,17). The summed E-state index contributed by atoms with van der Waals surface area (Å²) in [5, 5.41) is 2.56. The second-order valence-corrected chi connectivity index (χ2v) is 4.71. The normalized spacial score (nSPS) is 23.7. The minimum Gasteiger partial charge on any atom is -0.348 e. The number of halogens is 3. The highest BCUT2D eigenvalue weighted by Gasteiger charge is 2.27. The summed E-state index contributed by atoms with van der Waals surface area (Å²) in [5.74, 6) is -2.10. The third kappa shape index (κ3) is 2.75. The van der Waals surface area contributed by atoms with Crippen LogP contribution >= 0.6 is 11.6 Å². The van der Waals surface area contributed by atoms with Crippen LogP contribution in [0.15, 0.2) is 18.2 Å². The Balaban J connectivity index is 2.09. The molecular formula is C12H12ClF2NO. The van der Waals surface area contributed by atoms with Crippen LogP contribution in [0.5, 0.6) is 0 Å². The number of carbonyl (C=O) groups excluding carboxylic acids is 1. The van der Waals surface area contributed by atoms with Crippen LogP contribution in [0.3, 0.4) is 0 Å². The predicted octanol–water partition coefficient (Wildman–Crippen LogP) is 2.85. The summed E-state index contributed by atoms with van der Waals surface area (Å²) in [6.07, 6.45) is 2.59. The molecule has 0 spiro atoms. The van der Waals surface area contributed by atoms with Crippen LogP contribution in [0.1, 0.15) is 29.6 Å². The van der Waals surface area contributed by atoms with Crippen LogP contribution in [0.4, 0.5) is 8.78 Å². The Bertz CT molecular complexity index is 439. The van der Waals surface area contributed by atoms with Gasteiger partial charge < -0.3 is 5.32 Å². The molecule has 0 radical (unpaired) electrons. The Morgan fingerprint density at radius 3 is 2.71 bits per heavy atom. The van der Waals surface area contributed by atoms with E-state index < -0.39 is 17.5 Å². The minimum atomic E-state index is -0.855. The van der Waals surface area contributed by atoms with Gasteiger partial charge in [-0.2, -0.15) is 0 Å². The highest BCUT2D eigenvalue weighted by atomic mass is 35.5. The SMILES string of the molecule is O=C(NC1CCCC1Cl)c1ccc(F)cc1F. The van der Waals surface area contributed by atoms with Gasteiger partial charge in [-0.15, -0.1) is 11.6 Å². The second kappa shape index (κ2) is 5.00. The Morgan fingerprint density at radius 2 is 2.12 bits per heavy atom. The average Bonchev–Trinajstić information content (AvgIpc) is 2.64. The molecule has 0 aliphatic heterocycles. The Hall–Kier alpha value is -1.16. The second-order valence-electron chi connectivity index (χ2n) is 4.15. The molecule has 2 unspecified atom stereocenters. The molecule has 1 aliphatic rings. The number of carbonyl (C=O) groups is 1. The van der Waals surface area contributed by atoms with Crippen molar-refractivity contribution in [3.63, 3.8) is 0 Å². The molecule has 92 valence electrons. The lowest BCUT2D eigenvalue weighted by Crippen LogP contribution is -2.38. The maximum absolute atomic E-state index is 13.3. The van der Waals surface area contributed by atoms with Crippen molar-refractivity contribution in [2.75, 3.05) is 0 Å². The van der Waals surface area contributed by atoms with Crippen LogP contribution in [-0.4, -0.2) is 17.3 Å². The quantitative estimate of drug-likeness (QED) is 0.813. The van der Waals surface area contributed by atoms with E-state index in [-0.39, 0.29) is 17.0 Å². The fourth-order valence-electron chi connectivity index (χ4n) is 2.00. The van der Waals surface area contributed by atoms with Crippen molar-refractivity contribution in [3.05, 3.63) is 35.4 Å². The molecule has 1 aromatic carbocycles. The molecular weight excluding hydrogens is 248 g/mol. The first-order valence-corrected chi connectivity index (χ1v) is 5.91. The number of hydrogen-bond acceptors (Lipinski definition) is 1. The maximum atomic E-state index is 13.3. The van der Waals surface area contributed by atoms with Gasteiger partial charge in [0.2, 0.25) is 0 Å². The summed E-state index contributed by atoms with van der Waals surface area (Å²) in [6.45, 7) is 0. The molecule has 0 bridgehead atoms. The van der Waals surface area contributed by atoms with E-state index in [9.17, 15) is 13.6 Å². The molecule has 2 atom stereocenters. The maximum Gasteiger partial charge on any atom is 0.254 e. The number of alkyl halides is 1. The lowest BCUT2D eigenvalue weighted by Gasteiger charge is -2.16. The third-order valence-electron chi connectivity index (χ3n) is 2.92. The molecule has 1 saturated carbocycles. The predicted molar refractivity (Wildman–Crippen MR) is 61.1 cm³/mol. The fraction of sp³-hybridized carbons (Fsp3) is 0.417. The van der Waals surface area contributed by atoms with Gasteiger partial charge >= 0.3 is 0 Å². The van der Waals surface area contributed by atoms with Gasteiger partial charge in [-0.25, -0.2) is 8.78 Å². The molecule has 17 heavy (non-hydrogen) atoms. The summed E-state index contributed by atoms with van der Waals surface area (Å²) in [6, 6.07) is 2.76. The Morgan fingerprint density at radius 1 is 1.35 bits per heavy atom. The first-order valence-electron chi connectivity index (χ1n) is 5.48. The highest BCUT2D eigenvalue weighted by molar-refractivity contribution is 6.21. The molecule has 1 fully saturated rings. The van der Waals surface area contributed by atoms with Crippen LogP contribution in [0, 0.1) is 11.6 Å². The summed E-state index contributed by atoms with van der Waals surface area (Å²) >= 11 is 6.01. The molecule has 1 aliphatic carbocycles. The highest BCUT2D eigenvalue weighted by Crippen LogP contribution is 2.24.